The van der Waals surface area contributed by atoms with Crippen LogP contribution in [0.3, 0.4) is 0 Å². The van der Waals surface area contributed by atoms with Gasteiger partial charge in [-0.2, -0.15) is 0 Å². The van der Waals surface area contributed by atoms with Gasteiger partial charge in [-0.05, 0) is 112 Å². The number of nitrogens with zero attached hydrogens (tertiary/aromatic N) is 1. The van der Waals surface area contributed by atoms with Crippen molar-refractivity contribution in [3.05, 3.63) is 0 Å². The number of fused-ring (bicyclic) bond motifs is 5. The maximum absolute atomic E-state index is 11.4. The summed E-state index contributed by atoms with van der Waals surface area (Å²) in [4.78, 5) is 2.65. The van der Waals surface area contributed by atoms with Gasteiger partial charge in [0.15, 0.2) is 0 Å². The molecular weight excluding hydrogens is 334 g/mol. The molecule has 27 heavy (non-hydrogen) atoms. The molecule has 5 aliphatic rings. The van der Waals surface area contributed by atoms with Crippen molar-refractivity contribution in [2.24, 2.45) is 34.5 Å². The first-order valence-electron chi connectivity index (χ1n) is 12.0. The number of likely N-dealkylation sites (tertiary alicyclic amines) is 1. The van der Waals surface area contributed by atoms with Crippen molar-refractivity contribution in [3.8, 4) is 0 Å². The third-order valence-corrected chi connectivity index (χ3v) is 10.5. The fourth-order valence-corrected chi connectivity index (χ4v) is 8.82. The van der Waals surface area contributed by atoms with E-state index in [9.17, 15) is 10.2 Å². The van der Waals surface area contributed by atoms with Crippen molar-refractivity contribution in [1.82, 2.24) is 4.90 Å². The molecule has 3 nitrogen and oxygen atoms in total. The molecule has 4 saturated carbocycles. The average Bonchev–Trinajstić information content (AvgIpc) is 2.94. The molecule has 1 aliphatic heterocycles. The fraction of sp³-hybridized carbons (Fsp3) is 1.00. The van der Waals surface area contributed by atoms with Crippen molar-refractivity contribution in [1.29, 1.82) is 0 Å². The second-order valence-corrected chi connectivity index (χ2v) is 11.5. The Morgan fingerprint density at radius 3 is 2.30 bits per heavy atom. The summed E-state index contributed by atoms with van der Waals surface area (Å²) >= 11 is 0. The Balaban J connectivity index is 1.39. The summed E-state index contributed by atoms with van der Waals surface area (Å²) in [7, 11) is 0. The Labute approximate surface area is 165 Å². The number of aliphatic hydroxyl groups is 2. The molecule has 0 radical (unpaired) electrons. The van der Waals surface area contributed by atoms with Crippen LogP contribution in [0.1, 0.15) is 84.5 Å². The predicted molar refractivity (Wildman–Crippen MR) is 108 cm³/mol. The van der Waals surface area contributed by atoms with E-state index >= 15 is 0 Å². The highest BCUT2D eigenvalue weighted by atomic mass is 16.3. The van der Waals surface area contributed by atoms with Gasteiger partial charge in [-0.1, -0.05) is 20.3 Å². The second-order valence-electron chi connectivity index (χ2n) is 11.5. The standard InChI is InChI=1S/C24H41NO2/c1-23-10-8-17(26)14-16(23)6-7-18-19(23)9-11-24(2)20(18)15-21(22(24)27)25-12-4-3-5-13-25/h16-22,26-27H,3-15H2,1-2H3/t16-,17-,18-,19+,20+,21+,22+,23+,24+/m1/s1. The van der Waals surface area contributed by atoms with Crippen LogP contribution >= 0.6 is 0 Å². The van der Waals surface area contributed by atoms with Crippen LogP contribution in [0.5, 0.6) is 0 Å². The van der Waals surface area contributed by atoms with Crippen molar-refractivity contribution < 1.29 is 10.2 Å². The van der Waals surface area contributed by atoms with E-state index in [-0.39, 0.29) is 17.6 Å². The fourth-order valence-electron chi connectivity index (χ4n) is 8.82. The van der Waals surface area contributed by atoms with E-state index in [2.05, 4.69) is 18.7 Å². The van der Waals surface area contributed by atoms with E-state index in [1.165, 1.54) is 70.9 Å². The highest BCUT2D eigenvalue weighted by molar-refractivity contribution is 5.13. The number of hydrogen-bond acceptors (Lipinski definition) is 3. The van der Waals surface area contributed by atoms with Crippen molar-refractivity contribution in [2.75, 3.05) is 13.1 Å². The molecule has 4 aliphatic carbocycles. The zero-order valence-corrected chi connectivity index (χ0v) is 17.6. The topological polar surface area (TPSA) is 43.7 Å². The Morgan fingerprint density at radius 1 is 0.778 bits per heavy atom. The van der Waals surface area contributed by atoms with Crippen LogP contribution in [0.25, 0.3) is 0 Å². The van der Waals surface area contributed by atoms with Gasteiger partial charge in [0.1, 0.15) is 0 Å². The molecule has 0 aromatic heterocycles. The first-order chi connectivity index (χ1) is 12.9. The van der Waals surface area contributed by atoms with Gasteiger partial charge in [0.05, 0.1) is 12.2 Å². The quantitative estimate of drug-likeness (QED) is 0.721. The van der Waals surface area contributed by atoms with E-state index in [4.69, 9.17) is 0 Å². The molecule has 0 amide bonds. The molecule has 9 atom stereocenters. The van der Waals surface area contributed by atoms with Crippen molar-refractivity contribution in [2.45, 2.75) is 103 Å². The maximum atomic E-state index is 11.4. The molecule has 0 aromatic carbocycles. The third kappa shape index (κ3) is 2.78. The van der Waals surface area contributed by atoms with Crippen LogP contribution < -0.4 is 0 Å². The lowest BCUT2D eigenvalue weighted by atomic mass is 9.45. The Hall–Kier alpha value is -0.120. The lowest BCUT2D eigenvalue weighted by Gasteiger charge is -2.60. The molecule has 2 N–H and O–H groups in total. The van der Waals surface area contributed by atoms with Gasteiger partial charge in [0.25, 0.3) is 0 Å². The van der Waals surface area contributed by atoms with Crippen LogP contribution in [0.15, 0.2) is 0 Å². The van der Waals surface area contributed by atoms with E-state index < -0.39 is 0 Å². The molecule has 1 heterocycles. The van der Waals surface area contributed by atoms with Crippen LogP contribution in [-0.4, -0.2) is 46.5 Å². The second kappa shape index (κ2) is 6.71. The molecule has 5 fully saturated rings. The normalized spacial score (nSPS) is 56.2. The van der Waals surface area contributed by atoms with Gasteiger partial charge in [-0.15, -0.1) is 0 Å². The Kier molecular flexibility index (Phi) is 4.69. The molecule has 0 unspecified atom stereocenters. The number of piperidine rings is 1. The van der Waals surface area contributed by atoms with Gasteiger partial charge in [-0.3, -0.25) is 4.90 Å². The third-order valence-electron chi connectivity index (χ3n) is 10.5. The number of hydrogen-bond donors (Lipinski definition) is 2. The summed E-state index contributed by atoms with van der Waals surface area (Å²) < 4.78 is 0. The van der Waals surface area contributed by atoms with Crippen LogP contribution in [0.4, 0.5) is 0 Å². The molecule has 0 aromatic rings. The highest BCUT2D eigenvalue weighted by Crippen LogP contribution is 2.66. The smallest absolute Gasteiger partial charge is 0.0751 e. The highest BCUT2D eigenvalue weighted by Gasteiger charge is 2.62. The summed E-state index contributed by atoms with van der Waals surface area (Å²) in [5.74, 6) is 3.08. The molecule has 5 rings (SSSR count). The largest absolute Gasteiger partial charge is 0.393 e. The van der Waals surface area contributed by atoms with Crippen molar-refractivity contribution >= 4 is 0 Å². The lowest BCUT2D eigenvalue weighted by molar-refractivity contribution is -0.135. The van der Waals surface area contributed by atoms with Gasteiger partial charge in [-0.25, -0.2) is 0 Å². The van der Waals surface area contributed by atoms with E-state index in [1.54, 1.807) is 0 Å². The summed E-state index contributed by atoms with van der Waals surface area (Å²) in [6.45, 7) is 7.41. The lowest BCUT2D eigenvalue weighted by Crippen LogP contribution is -2.54. The average molecular weight is 376 g/mol. The summed E-state index contributed by atoms with van der Waals surface area (Å²) in [5.41, 5.74) is 0.582. The number of rotatable bonds is 1. The van der Waals surface area contributed by atoms with E-state index in [0.29, 0.717) is 17.4 Å². The minimum Gasteiger partial charge on any atom is -0.393 e. The van der Waals surface area contributed by atoms with Crippen molar-refractivity contribution in [3.63, 3.8) is 0 Å². The van der Waals surface area contributed by atoms with E-state index in [1.807, 2.05) is 0 Å². The maximum Gasteiger partial charge on any atom is 0.0751 e. The minimum atomic E-state index is -0.125. The van der Waals surface area contributed by atoms with Crippen LogP contribution in [0, 0.1) is 34.5 Å². The molecule has 154 valence electrons. The molecule has 0 spiro atoms. The SMILES string of the molecule is C[C@]12CC[C@@H](O)C[C@H]1CC[C@@H]1[C@@H]2CC[C@]2(C)[C@@H](O)[C@@H](N3CCCCC3)C[C@@H]12. The van der Waals surface area contributed by atoms with Crippen LogP contribution in [-0.2, 0) is 0 Å². The Bertz CT molecular complexity index is 561. The van der Waals surface area contributed by atoms with Crippen LogP contribution in [0.2, 0.25) is 0 Å². The zero-order chi connectivity index (χ0) is 18.8. The predicted octanol–water partition coefficient (Wildman–Crippen LogP) is 4.22. The van der Waals surface area contributed by atoms with Gasteiger partial charge in [0, 0.05) is 6.04 Å². The van der Waals surface area contributed by atoms with Gasteiger partial charge >= 0.3 is 0 Å². The molecule has 1 saturated heterocycles. The summed E-state index contributed by atoms with van der Waals surface area (Å²) in [5, 5.41) is 21.7. The first-order valence-corrected chi connectivity index (χ1v) is 12.0. The summed E-state index contributed by atoms with van der Waals surface area (Å²) in [6, 6.07) is 0.415. The zero-order valence-electron chi connectivity index (χ0n) is 17.6. The Morgan fingerprint density at radius 2 is 1.52 bits per heavy atom. The molecule has 3 heteroatoms. The first kappa shape index (κ1) is 18.9. The minimum absolute atomic E-state index is 0.0507. The molecular formula is C24H41NO2. The van der Waals surface area contributed by atoms with Gasteiger partial charge < -0.3 is 10.2 Å². The monoisotopic (exact) mass is 375 g/mol. The summed E-state index contributed by atoms with van der Waals surface area (Å²) in [6.07, 6.45) is 13.5. The molecule has 0 bridgehead atoms. The van der Waals surface area contributed by atoms with E-state index in [0.717, 1.165) is 30.6 Å². The number of aliphatic hydroxyl groups excluding tert-OH is 2. The van der Waals surface area contributed by atoms with Gasteiger partial charge in [0.2, 0.25) is 0 Å².